The maximum Gasteiger partial charge on any atom is 0.248 e. The molecular formula is C27H27BrN6O5. The predicted octanol–water partition coefficient (Wildman–Crippen LogP) is 2.89. The number of ether oxygens (including phenoxy) is 2. The molecule has 39 heavy (non-hydrogen) atoms. The second kappa shape index (κ2) is 10.2. The highest BCUT2D eigenvalue weighted by Gasteiger charge is 2.67. The Morgan fingerprint density at radius 1 is 1.18 bits per heavy atom. The van der Waals surface area contributed by atoms with Crippen LogP contribution in [0.15, 0.2) is 47.3 Å². The highest BCUT2D eigenvalue weighted by Crippen LogP contribution is 2.60. The van der Waals surface area contributed by atoms with Gasteiger partial charge < -0.3 is 19.7 Å². The molecule has 5 heterocycles. The summed E-state index contributed by atoms with van der Waals surface area (Å²) in [6.45, 7) is 2.86. The van der Waals surface area contributed by atoms with Gasteiger partial charge in [0.2, 0.25) is 11.8 Å². The van der Waals surface area contributed by atoms with E-state index in [1.807, 2.05) is 18.2 Å². The van der Waals surface area contributed by atoms with Gasteiger partial charge in [-0.05, 0) is 40.9 Å². The van der Waals surface area contributed by atoms with Gasteiger partial charge in [0.15, 0.2) is 5.78 Å². The summed E-state index contributed by atoms with van der Waals surface area (Å²) in [5.74, 6) is -0.375. The van der Waals surface area contributed by atoms with E-state index in [1.165, 1.54) is 11.6 Å². The van der Waals surface area contributed by atoms with E-state index in [1.54, 1.807) is 29.4 Å². The molecule has 2 fully saturated rings. The van der Waals surface area contributed by atoms with E-state index >= 15 is 0 Å². The van der Waals surface area contributed by atoms with Crippen LogP contribution in [0.2, 0.25) is 0 Å². The Balaban J connectivity index is 1.31. The van der Waals surface area contributed by atoms with Crippen molar-refractivity contribution in [3.63, 3.8) is 0 Å². The molecule has 12 heteroatoms. The molecule has 3 aromatic rings. The van der Waals surface area contributed by atoms with Gasteiger partial charge in [0, 0.05) is 35.5 Å². The SMILES string of the molecule is CC(=O)c1nn(CC(=O)N2[C@H]3C[C@@]4(COCC=CCOCc5ccc(Br)nc5NC3=O)C[C@@H]24)c2cnccc12. The topological polar surface area (TPSA) is 129 Å². The third-order valence-corrected chi connectivity index (χ3v) is 8.05. The van der Waals surface area contributed by atoms with Crippen molar-refractivity contribution in [3.05, 3.63) is 58.6 Å². The summed E-state index contributed by atoms with van der Waals surface area (Å²) in [4.78, 5) is 50.0. The first-order valence-corrected chi connectivity index (χ1v) is 13.5. The smallest absolute Gasteiger partial charge is 0.248 e. The van der Waals surface area contributed by atoms with Gasteiger partial charge in [-0.1, -0.05) is 18.2 Å². The average molecular weight is 595 g/mol. The molecule has 3 atom stereocenters. The fraction of sp³-hybridized carbons (Fsp3) is 0.407. The van der Waals surface area contributed by atoms with Gasteiger partial charge >= 0.3 is 0 Å². The number of piperidine rings is 1. The van der Waals surface area contributed by atoms with Crippen LogP contribution >= 0.6 is 15.9 Å². The number of ketones is 1. The number of Topliss-reactive ketones (excluding diaryl/α,β-unsaturated/α-hetero) is 1. The summed E-state index contributed by atoms with van der Waals surface area (Å²) >= 11 is 3.38. The van der Waals surface area contributed by atoms with Gasteiger partial charge in [0.1, 0.15) is 28.7 Å². The molecule has 0 radical (unpaired) electrons. The second-order valence-corrected chi connectivity index (χ2v) is 11.0. The van der Waals surface area contributed by atoms with Gasteiger partial charge in [-0.3, -0.25) is 24.0 Å². The number of nitrogens with zero attached hydrogens (tertiary/aromatic N) is 5. The molecule has 11 nitrogen and oxygen atoms in total. The Labute approximate surface area is 232 Å². The zero-order valence-electron chi connectivity index (χ0n) is 21.3. The van der Waals surface area contributed by atoms with Crippen LogP contribution in [0, 0.1) is 5.41 Å². The van der Waals surface area contributed by atoms with Crippen molar-refractivity contribution in [2.24, 2.45) is 5.41 Å². The zero-order valence-corrected chi connectivity index (χ0v) is 22.9. The minimum atomic E-state index is -0.706. The van der Waals surface area contributed by atoms with Gasteiger partial charge in [0.05, 0.1) is 38.1 Å². The Morgan fingerprint density at radius 2 is 2.00 bits per heavy atom. The molecule has 2 bridgehead atoms. The Hall–Kier alpha value is -3.48. The van der Waals surface area contributed by atoms with Crippen LogP contribution in [0.4, 0.5) is 5.82 Å². The first kappa shape index (κ1) is 25.8. The van der Waals surface area contributed by atoms with Crippen molar-refractivity contribution < 1.29 is 23.9 Å². The maximum absolute atomic E-state index is 13.8. The second-order valence-electron chi connectivity index (χ2n) is 10.2. The summed E-state index contributed by atoms with van der Waals surface area (Å²) in [5.41, 5.74) is 1.32. The van der Waals surface area contributed by atoms with Gasteiger partial charge in [-0.25, -0.2) is 4.98 Å². The molecule has 1 N–H and O–H groups in total. The molecule has 3 aromatic heterocycles. The van der Waals surface area contributed by atoms with E-state index in [0.29, 0.717) is 47.6 Å². The van der Waals surface area contributed by atoms with Crippen LogP contribution in [0.25, 0.3) is 10.9 Å². The van der Waals surface area contributed by atoms with Crippen LogP contribution in [0.3, 0.4) is 0 Å². The lowest BCUT2D eigenvalue weighted by Gasteiger charge is -2.27. The largest absolute Gasteiger partial charge is 0.377 e. The summed E-state index contributed by atoms with van der Waals surface area (Å²) in [5, 5.41) is 8.00. The molecule has 1 saturated heterocycles. The van der Waals surface area contributed by atoms with Crippen molar-refractivity contribution in [2.45, 2.75) is 45.0 Å². The molecule has 1 aliphatic carbocycles. The van der Waals surface area contributed by atoms with Gasteiger partial charge in [-0.2, -0.15) is 5.10 Å². The lowest BCUT2D eigenvalue weighted by molar-refractivity contribution is -0.138. The normalized spacial score (nSPS) is 24.9. The number of carbonyl (C=O) groups excluding carboxylic acids is 3. The van der Waals surface area contributed by atoms with Gasteiger partial charge in [0.25, 0.3) is 0 Å². The number of carbonyl (C=O) groups is 3. The van der Waals surface area contributed by atoms with E-state index in [4.69, 9.17) is 9.47 Å². The Morgan fingerprint density at radius 3 is 2.82 bits per heavy atom. The Bertz CT molecular complexity index is 1510. The average Bonchev–Trinajstić information content (AvgIpc) is 3.32. The van der Waals surface area contributed by atoms with E-state index in [2.05, 4.69) is 36.3 Å². The summed E-state index contributed by atoms with van der Waals surface area (Å²) in [6, 6.07) is 4.52. The van der Waals surface area contributed by atoms with Crippen LogP contribution < -0.4 is 5.32 Å². The van der Waals surface area contributed by atoms with Crippen molar-refractivity contribution >= 4 is 50.2 Å². The number of nitrogens with one attached hydrogen (secondary N) is 1. The molecule has 202 valence electrons. The molecule has 6 rings (SSSR count). The third kappa shape index (κ3) is 4.88. The van der Waals surface area contributed by atoms with Crippen molar-refractivity contribution in [2.75, 3.05) is 25.1 Å². The molecule has 3 aliphatic rings. The molecule has 1 saturated carbocycles. The minimum absolute atomic E-state index is 0.121. The summed E-state index contributed by atoms with van der Waals surface area (Å²) < 4.78 is 13.7. The fourth-order valence-electron chi connectivity index (χ4n) is 5.62. The number of hydrogen-bond donors (Lipinski definition) is 1. The van der Waals surface area contributed by atoms with Crippen molar-refractivity contribution in [1.82, 2.24) is 24.6 Å². The first-order valence-electron chi connectivity index (χ1n) is 12.8. The monoisotopic (exact) mass is 594 g/mol. The molecular weight excluding hydrogens is 568 g/mol. The van der Waals surface area contributed by atoms with Crippen LogP contribution in [-0.2, 0) is 32.2 Å². The maximum atomic E-state index is 13.8. The van der Waals surface area contributed by atoms with E-state index in [9.17, 15) is 14.4 Å². The fourth-order valence-corrected chi connectivity index (χ4v) is 5.93. The first-order chi connectivity index (χ1) is 18.9. The van der Waals surface area contributed by atoms with E-state index in [-0.39, 0.29) is 47.9 Å². The van der Waals surface area contributed by atoms with Crippen molar-refractivity contribution in [1.29, 1.82) is 0 Å². The number of pyridine rings is 2. The number of hydrogen-bond acceptors (Lipinski definition) is 8. The number of halogens is 1. The highest BCUT2D eigenvalue weighted by molar-refractivity contribution is 9.10. The summed E-state index contributed by atoms with van der Waals surface area (Å²) in [6.07, 6.45) is 8.24. The Kier molecular flexibility index (Phi) is 6.77. The zero-order chi connectivity index (χ0) is 27.1. The van der Waals surface area contributed by atoms with Crippen LogP contribution in [0.1, 0.15) is 35.8 Å². The number of aromatic nitrogens is 4. The lowest BCUT2D eigenvalue weighted by Crippen LogP contribution is -2.47. The van der Waals surface area contributed by atoms with E-state index in [0.717, 1.165) is 12.0 Å². The quantitative estimate of drug-likeness (QED) is 0.278. The minimum Gasteiger partial charge on any atom is -0.377 e. The molecule has 2 amide bonds. The lowest BCUT2D eigenvalue weighted by atomic mass is 10.00. The molecule has 2 aliphatic heterocycles. The predicted molar refractivity (Wildman–Crippen MR) is 144 cm³/mol. The van der Waals surface area contributed by atoms with Crippen molar-refractivity contribution in [3.8, 4) is 0 Å². The standard InChI is InChI=1S/C27H27BrN6O5/c1-16(35)24-18-6-7-29-12-20(18)33(32-24)13-23(36)34-19-10-27(11-21(27)34)15-39-9-3-2-8-38-14-17-4-5-22(28)30-25(17)31-26(19)37/h2-7,12,19,21H,8-11,13-15H2,1H3,(H,30,31,37)/t19-,21+,27-/m0/s1. The number of likely N-dealkylation sites (tertiary alicyclic amines) is 1. The number of amides is 2. The molecule has 1 spiro atoms. The molecule has 0 unspecified atom stereocenters. The van der Waals surface area contributed by atoms with Gasteiger partial charge in [-0.15, -0.1) is 0 Å². The van der Waals surface area contributed by atoms with Crippen LogP contribution in [0.5, 0.6) is 0 Å². The number of rotatable bonds is 3. The highest BCUT2D eigenvalue weighted by atomic mass is 79.9. The van der Waals surface area contributed by atoms with Crippen LogP contribution in [-0.4, -0.2) is 74.2 Å². The summed E-state index contributed by atoms with van der Waals surface area (Å²) in [7, 11) is 0. The number of fused-ring (bicyclic) bond motifs is 3. The number of anilines is 1. The third-order valence-electron chi connectivity index (χ3n) is 7.61. The molecule has 0 aromatic carbocycles. The van der Waals surface area contributed by atoms with E-state index < -0.39 is 6.04 Å².